The lowest BCUT2D eigenvalue weighted by atomic mass is 10.2. The topological polar surface area (TPSA) is 129 Å². The second kappa shape index (κ2) is 11.0. The number of methoxy groups -OCH3 is 1. The number of hydrogen-bond donors (Lipinski definition) is 2. The van der Waals surface area contributed by atoms with E-state index in [1.807, 2.05) is 13.0 Å². The zero-order valence-electron chi connectivity index (χ0n) is 18.2. The summed E-state index contributed by atoms with van der Waals surface area (Å²) >= 11 is 5.82. The molecule has 176 valence electrons. The van der Waals surface area contributed by atoms with Crippen LogP contribution in [0.5, 0.6) is 23.0 Å². The first-order chi connectivity index (χ1) is 16.3. The molecule has 11 heteroatoms. The average Bonchev–Trinajstić information content (AvgIpc) is 2.82. The van der Waals surface area contributed by atoms with E-state index in [0.29, 0.717) is 5.75 Å². The van der Waals surface area contributed by atoms with Crippen LogP contribution in [0.2, 0.25) is 5.02 Å². The molecule has 0 saturated carbocycles. The fraction of sp³-hybridized carbons (Fsp3) is 0.130. The second-order valence-corrected chi connectivity index (χ2v) is 7.38. The summed E-state index contributed by atoms with van der Waals surface area (Å²) in [6.07, 6.45) is 0. The lowest BCUT2D eigenvalue weighted by Gasteiger charge is -2.13. The molecule has 0 aliphatic rings. The maximum Gasteiger partial charge on any atom is 0.313 e. The van der Waals surface area contributed by atoms with Gasteiger partial charge in [-0.3, -0.25) is 30.6 Å². The third-order valence-corrected chi connectivity index (χ3v) is 4.67. The Morgan fingerprint density at radius 1 is 1.00 bits per heavy atom. The van der Waals surface area contributed by atoms with Crippen molar-refractivity contribution >= 4 is 29.1 Å². The fourth-order valence-electron chi connectivity index (χ4n) is 2.82. The van der Waals surface area contributed by atoms with Gasteiger partial charge in [-0.15, -0.1) is 0 Å². The maximum atomic E-state index is 12.4. The summed E-state index contributed by atoms with van der Waals surface area (Å²) in [5.74, 6) is -0.414. The fourth-order valence-corrected chi connectivity index (χ4v) is 2.99. The number of halogens is 1. The van der Waals surface area contributed by atoms with Crippen LogP contribution in [0.1, 0.15) is 15.9 Å². The molecule has 0 aromatic heterocycles. The van der Waals surface area contributed by atoms with Gasteiger partial charge in [0.2, 0.25) is 5.75 Å². The van der Waals surface area contributed by atoms with E-state index in [2.05, 4.69) is 10.9 Å². The minimum atomic E-state index is -0.624. The highest BCUT2D eigenvalue weighted by atomic mass is 35.5. The number of carbonyl (C=O) groups excluding carboxylic acids is 2. The van der Waals surface area contributed by atoms with E-state index in [-0.39, 0.29) is 40.1 Å². The number of ether oxygens (including phenoxy) is 3. The van der Waals surface area contributed by atoms with Gasteiger partial charge in [-0.25, -0.2) is 0 Å². The Morgan fingerprint density at radius 2 is 1.76 bits per heavy atom. The van der Waals surface area contributed by atoms with Gasteiger partial charge in [0.05, 0.1) is 12.0 Å². The minimum Gasteiger partial charge on any atom is -0.493 e. The van der Waals surface area contributed by atoms with Crippen molar-refractivity contribution in [2.45, 2.75) is 6.92 Å². The van der Waals surface area contributed by atoms with E-state index in [9.17, 15) is 19.7 Å². The predicted octanol–water partition coefficient (Wildman–Crippen LogP) is 4.20. The van der Waals surface area contributed by atoms with E-state index in [4.69, 9.17) is 25.8 Å². The number of amides is 2. The summed E-state index contributed by atoms with van der Waals surface area (Å²) in [6.45, 7) is 1.61. The van der Waals surface area contributed by atoms with E-state index in [1.165, 1.54) is 37.4 Å². The first-order valence-electron chi connectivity index (χ1n) is 9.85. The van der Waals surface area contributed by atoms with E-state index >= 15 is 0 Å². The average molecular weight is 486 g/mol. The van der Waals surface area contributed by atoms with Gasteiger partial charge in [0.25, 0.3) is 11.8 Å². The summed E-state index contributed by atoms with van der Waals surface area (Å²) in [7, 11) is 1.35. The van der Waals surface area contributed by atoms with Crippen molar-refractivity contribution < 1.29 is 28.7 Å². The van der Waals surface area contributed by atoms with Crippen molar-refractivity contribution in [3.8, 4) is 23.0 Å². The molecule has 3 aromatic rings. The molecule has 34 heavy (non-hydrogen) atoms. The quantitative estimate of drug-likeness (QED) is 0.361. The zero-order chi connectivity index (χ0) is 24.7. The molecule has 0 heterocycles. The van der Waals surface area contributed by atoms with Crippen molar-refractivity contribution in [2.24, 2.45) is 0 Å². The maximum absolute atomic E-state index is 12.4. The number of nitro benzene ring substituents is 1. The molecular formula is C23H20ClN3O7. The highest BCUT2D eigenvalue weighted by Crippen LogP contribution is 2.37. The number of rotatable bonds is 8. The summed E-state index contributed by atoms with van der Waals surface area (Å²) in [4.78, 5) is 35.0. The monoisotopic (exact) mass is 485 g/mol. The Bertz CT molecular complexity index is 1230. The molecular weight excluding hydrogens is 466 g/mol. The molecule has 0 aliphatic carbocycles. The van der Waals surface area contributed by atoms with Gasteiger partial charge in [-0.2, -0.15) is 0 Å². The van der Waals surface area contributed by atoms with Crippen LogP contribution < -0.4 is 25.1 Å². The van der Waals surface area contributed by atoms with Crippen molar-refractivity contribution in [3.05, 3.63) is 86.9 Å². The van der Waals surface area contributed by atoms with Crippen LogP contribution in [0.4, 0.5) is 5.69 Å². The molecule has 0 spiro atoms. The molecule has 2 amide bonds. The van der Waals surface area contributed by atoms with Crippen LogP contribution in [0.25, 0.3) is 0 Å². The van der Waals surface area contributed by atoms with E-state index < -0.39 is 16.7 Å². The normalized spacial score (nSPS) is 10.2. The molecule has 3 aromatic carbocycles. The zero-order valence-corrected chi connectivity index (χ0v) is 18.9. The van der Waals surface area contributed by atoms with Gasteiger partial charge in [-0.05, 0) is 55.0 Å². The molecule has 0 atom stereocenters. The van der Waals surface area contributed by atoms with Crippen molar-refractivity contribution in [1.29, 1.82) is 0 Å². The number of nitro groups is 1. The summed E-state index contributed by atoms with van der Waals surface area (Å²) in [5.41, 5.74) is 5.34. The van der Waals surface area contributed by atoms with Crippen LogP contribution in [0.3, 0.4) is 0 Å². The highest BCUT2D eigenvalue weighted by molar-refractivity contribution is 6.30. The molecule has 0 fully saturated rings. The molecule has 10 nitrogen and oxygen atoms in total. The van der Waals surface area contributed by atoms with Crippen LogP contribution >= 0.6 is 11.6 Å². The highest BCUT2D eigenvalue weighted by Gasteiger charge is 2.19. The van der Waals surface area contributed by atoms with Crippen LogP contribution in [-0.4, -0.2) is 30.5 Å². The van der Waals surface area contributed by atoms with E-state index in [1.54, 1.807) is 18.2 Å². The Balaban J connectivity index is 1.63. The number of nitrogens with zero attached hydrogens (tertiary/aromatic N) is 1. The molecule has 2 N–H and O–H groups in total. The third kappa shape index (κ3) is 6.36. The molecule has 3 rings (SSSR count). The van der Waals surface area contributed by atoms with Crippen LogP contribution in [-0.2, 0) is 4.79 Å². The summed E-state index contributed by atoms with van der Waals surface area (Å²) in [6, 6.07) is 15.3. The predicted molar refractivity (Wildman–Crippen MR) is 123 cm³/mol. The Hall–Kier alpha value is -4.31. The lowest BCUT2D eigenvalue weighted by molar-refractivity contribution is -0.385. The minimum absolute atomic E-state index is 0.0502. The Morgan fingerprint density at radius 3 is 2.47 bits per heavy atom. The Labute approximate surface area is 199 Å². The standard InChI is InChI=1S/C23H20ClN3O7/c1-14-4-3-5-17(10-14)33-13-22(28)25-26-23(29)15-6-8-20(21(11-15)32-2)34-19-9-7-16(24)12-18(19)27(30)31/h3-12H,13H2,1-2H3,(H,25,28)(H,26,29). The van der Waals surface area contributed by atoms with Gasteiger partial charge in [0.15, 0.2) is 18.1 Å². The van der Waals surface area contributed by atoms with E-state index in [0.717, 1.165) is 11.6 Å². The number of nitrogens with one attached hydrogen (secondary N) is 2. The van der Waals surface area contributed by atoms with Crippen LogP contribution in [0.15, 0.2) is 60.7 Å². The number of hydrogen-bond acceptors (Lipinski definition) is 7. The van der Waals surface area contributed by atoms with Gasteiger partial charge >= 0.3 is 5.69 Å². The molecule has 0 saturated heterocycles. The first-order valence-corrected chi connectivity index (χ1v) is 10.2. The Kier molecular flexibility index (Phi) is 7.88. The summed E-state index contributed by atoms with van der Waals surface area (Å²) < 4.78 is 16.2. The number of carbonyl (C=O) groups is 2. The smallest absolute Gasteiger partial charge is 0.313 e. The van der Waals surface area contributed by atoms with Crippen molar-refractivity contribution in [1.82, 2.24) is 10.9 Å². The molecule has 0 bridgehead atoms. The second-order valence-electron chi connectivity index (χ2n) is 6.94. The van der Waals surface area contributed by atoms with Crippen LogP contribution in [0, 0.1) is 17.0 Å². The van der Waals surface area contributed by atoms with Gasteiger partial charge in [0.1, 0.15) is 5.75 Å². The van der Waals surface area contributed by atoms with Gasteiger partial charge in [-0.1, -0.05) is 23.7 Å². The third-order valence-electron chi connectivity index (χ3n) is 4.44. The molecule has 0 unspecified atom stereocenters. The lowest BCUT2D eigenvalue weighted by Crippen LogP contribution is -2.43. The largest absolute Gasteiger partial charge is 0.493 e. The van der Waals surface area contributed by atoms with Gasteiger partial charge < -0.3 is 14.2 Å². The molecule has 0 radical (unpaired) electrons. The first kappa shape index (κ1) is 24.3. The number of hydrazine groups is 1. The van der Waals surface area contributed by atoms with Gasteiger partial charge in [0, 0.05) is 16.7 Å². The van der Waals surface area contributed by atoms with Crippen molar-refractivity contribution in [3.63, 3.8) is 0 Å². The summed E-state index contributed by atoms with van der Waals surface area (Å²) in [5, 5.41) is 11.5. The SMILES string of the molecule is COc1cc(C(=O)NNC(=O)COc2cccc(C)c2)ccc1Oc1ccc(Cl)cc1[N+](=O)[O-]. The van der Waals surface area contributed by atoms with Crippen molar-refractivity contribution in [2.75, 3.05) is 13.7 Å². The molecule has 0 aliphatic heterocycles. The number of benzene rings is 3. The number of aryl methyl sites for hydroxylation is 1.